The quantitative estimate of drug-likeness (QED) is 0.146. The summed E-state index contributed by atoms with van der Waals surface area (Å²) >= 11 is 12.2. The maximum absolute atomic E-state index is 12.9. The zero-order chi connectivity index (χ0) is 32.9. The maximum atomic E-state index is 12.9. The number of hydrogen-bond acceptors (Lipinski definition) is 7. The van der Waals surface area contributed by atoms with Gasteiger partial charge in [0, 0.05) is 30.9 Å². The molecule has 0 fully saturated rings. The molecule has 1 aromatic heterocycles. The number of aliphatic imine (C=N–C) groups is 1. The van der Waals surface area contributed by atoms with E-state index in [9.17, 15) is 28.2 Å². The number of nitrogens with two attached hydrogens (primary N) is 1. The first-order valence-electron chi connectivity index (χ1n) is 14.1. The van der Waals surface area contributed by atoms with Crippen LogP contribution in [0.25, 0.3) is 0 Å². The van der Waals surface area contributed by atoms with Crippen LogP contribution in [0.15, 0.2) is 23.2 Å². The van der Waals surface area contributed by atoms with Gasteiger partial charge < -0.3 is 20.8 Å². The molecule has 2 aromatic rings. The molecule has 240 valence electrons. The Kier molecular flexibility index (Phi) is 16.0. The lowest BCUT2D eigenvalue weighted by Crippen LogP contribution is -2.36. The number of fused-ring (bicyclic) bond motifs is 1. The molecule has 0 saturated carbocycles. The number of benzene rings is 1. The number of phenols is 2. The van der Waals surface area contributed by atoms with Gasteiger partial charge in [0.2, 0.25) is 5.91 Å². The molecule has 1 aliphatic rings. The van der Waals surface area contributed by atoms with Crippen molar-refractivity contribution in [2.24, 2.45) is 10.7 Å². The van der Waals surface area contributed by atoms with Gasteiger partial charge in [-0.15, -0.1) is 6.58 Å². The summed E-state index contributed by atoms with van der Waals surface area (Å²) in [7, 11) is 0. The number of alkyl halides is 3. The van der Waals surface area contributed by atoms with Crippen LogP contribution in [0.2, 0.25) is 10.0 Å². The largest absolute Gasteiger partial charge is 0.503 e. The van der Waals surface area contributed by atoms with Gasteiger partial charge in [-0.2, -0.15) is 13.2 Å². The van der Waals surface area contributed by atoms with E-state index in [1.54, 1.807) is 0 Å². The van der Waals surface area contributed by atoms with E-state index in [-0.39, 0.29) is 46.9 Å². The maximum Gasteiger partial charge on any atom is 0.433 e. The van der Waals surface area contributed by atoms with Crippen molar-refractivity contribution in [3.05, 3.63) is 56.6 Å². The van der Waals surface area contributed by atoms with E-state index in [4.69, 9.17) is 28.9 Å². The summed E-state index contributed by atoms with van der Waals surface area (Å²) in [5.74, 6) is -1.21. The third-order valence-corrected chi connectivity index (χ3v) is 7.19. The first-order chi connectivity index (χ1) is 20.1. The van der Waals surface area contributed by atoms with Gasteiger partial charge in [0.25, 0.3) is 0 Å². The molecule has 0 unspecified atom stereocenters. The van der Waals surface area contributed by atoms with Crippen molar-refractivity contribution < 1.29 is 28.2 Å². The second-order valence-electron chi connectivity index (χ2n) is 9.88. The lowest BCUT2D eigenvalue weighted by atomic mass is 9.98. The molecule has 13 heteroatoms. The minimum absolute atomic E-state index is 0.0126. The second-order valence-corrected chi connectivity index (χ2v) is 10.6. The van der Waals surface area contributed by atoms with Crippen LogP contribution >= 0.6 is 23.2 Å². The monoisotopic (exact) mass is 647 g/mol. The number of aryl methyl sites for hydroxylation is 2. The topological polar surface area (TPSA) is 125 Å². The Morgan fingerprint density at radius 3 is 2.23 bits per heavy atom. The standard InChI is InChI=1S/C19H18Cl2F3N3O3.C9H18N2.C2H6/c1-9-25-10(7-13(26-9)19(22,23)24)3-2-4-14(28)27-6-5-11-12(8-27)16(21)18(30)17(29)15(11)20;1-8(2)5-4-6-9(3)11-7-10;1-2/h7,29-30H,2-6,8H2,1H3;1,4-7,10H2,2-3H3;1-2H3/b;11-9+;. The first-order valence-corrected chi connectivity index (χ1v) is 14.9. The highest BCUT2D eigenvalue weighted by Gasteiger charge is 2.33. The Hall–Kier alpha value is -2.89. The zero-order valence-electron chi connectivity index (χ0n) is 25.4. The average Bonchev–Trinajstić information content (AvgIpc) is 2.95. The number of phenolic OH excluding ortho intramolecular Hbond substituents is 2. The zero-order valence-corrected chi connectivity index (χ0v) is 26.9. The van der Waals surface area contributed by atoms with Gasteiger partial charge in [-0.1, -0.05) is 42.6 Å². The van der Waals surface area contributed by atoms with Crippen LogP contribution in [0.5, 0.6) is 11.5 Å². The van der Waals surface area contributed by atoms with Crippen LogP contribution in [0.4, 0.5) is 13.2 Å². The van der Waals surface area contributed by atoms with Crippen molar-refractivity contribution >= 4 is 34.8 Å². The number of carbonyl (C=O) groups excluding carboxylic acids is 1. The summed E-state index contributed by atoms with van der Waals surface area (Å²) in [6.45, 7) is 14.2. The number of carbonyl (C=O) groups is 1. The number of nitrogens with zero attached hydrogens (tertiary/aromatic N) is 4. The molecule has 0 aliphatic carbocycles. The highest BCUT2D eigenvalue weighted by atomic mass is 35.5. The smallest absolute Gasteiger partial charge is 0.433 e. The highest BCUT2D eigenvalue weighted by molar-refractivity contribution is 6.36. The van der Waals surface area contributed by atoms with E-state index in [1.807, 2.05) is 20.8 Å². The SMILES string of the molecule is C=C(C)CCC/C(C)=N/CN.CC.Cc1nc(CCCC(=O)N2CCc3c(Cl)c(O)c(O)c(Cl)c3C2)cc(C(F)(F)F)n1. The van der Waals surface area contributed by atoms with Gasteiger partial charge >= 0.3 is 6.18 Å². The van der Waals surface area contributed by atoms with Crippen molar-refractivity contribution in [2.45, 2.75) is 92.3 Å². The molecule has 2 heterocycles. The first kappa shape index (κ1) is 38.1. The van der Waals surface area contributed by atoms with E-state index in [2.05, 4.69) is 28.5 Å². The van der Waals surface area contributed by atoms with Gasteiger partial charge in [0.05, 0.1) is 16.7 Å². The van der Waals surface area contributed by atoms with Crippen LogP contribution in [-0.4, -0.2) is 49.9 Å². The van der Waals surface area contributed by atoms with Gasteiger partial charge in [0.1, 0.15) is 11.5 Å². The number of hydrogen-bond donors (Lipinski definition) is 3. The molecule has 0 spiro atoms. The summed E-state index contributed by atoms with van der Waals surface area (Å²) in [5, 5.41) is 19.6. The number of aromatic hydroxyl groups is 2. The van der Waals surface area contributed by atoms with Crippen molar-refractivity contribution in [2.75, 3.05) is 13.2 Å². The number of rotatable bonds is 9. The minimum Gasteiger partial charge on any atom is -0.503 e. The highest BCUT2D eigenvalue weighted by Crippen LogP contribution is 2.46. The predicted octanol–water partition coefficient (Wildman–Crippen LogP) is 7.57. The van der Waals surface area contributed by atoms with E-state index in [0.717, 1.165) is 31.0 Å². The van der Waals surface area contributed by atoms with Crippen LogP contribution in [0, 0.1) is 6.92 Å². The predicted molar refractivity (Wildman–Crippen MR) is 166 cm³/mol. The Bertz CT molecular complexity index is 1290. The number of aromatic nitrogens is 2. The number of halogens is 5. The molecule has 4 N–H and O–H groups in total. The fourth-order valence-corrected chi connectivity index (χ4v) is 4.84. The third-order valence-electron chi connectivity index (χ3n) is 6.38. The summed E-state index contributed by atoms with van der Waals surface area (Å²) < 4.78 is 38.6. The van der Waals surface area contributed by atoms with Gasteiger partial charge in [-0.05, 0) is 76.5 Å². The second kappa shape index (κ2) is 18.0. The molecule has 1 aromatic carbocycles. The normalized spacial score (nSPS) is 12.9. The Morgan fingerprint density at radius 1 is 1.07 bits per heavy atom. The fourth-order valence-electron chi connectivity index (χ4n) is 4.28. The molecular formula is C30H42Cl2F3N5O3. The Balaban J connectivity index is 0.000000602. The molecule has 0 bridgehead atoms. The summed E-state index contributed by atoms with van der Waals surface area (Å²) in [5.41, 5.74) is 7.92. The Morgan fingerprint density at radius 2 is 1.67 bits per heavy atom. The fraction of sp³-hybridized carbons (Fsp3) is 0.533. The van der Waals surface area contributed by atoms with E-state index in [1.165, 1.54) is 17.4 Å². The number of allylic oxidation sites excluding steroid dienone is 1. The lowest BCUT2D eigenvalue weighted by molar-refractivity contribution is -0.141. The molecular weight excluding hydrogens is 606 g/mol. The van der Waals surface area contributed by atoms with Gasteiger partial charge in [0.15, 0.2) is 11.5 Å². The molecule has 0 saturated heterocycles. The molecule has 1 aliphatic heterocycles. The summed E-state index contributed by atoms with van der Waals surface area (Å²) in [4.78, 5) is 25.6. The molecule has 1 amide bonds. The molecule has 0 atom stereocenters. The Labute approximate surface area is 261 Å². The summed E-state index contributed by atoms with van der Waals surface area (Å²) in [6.07, 6.45) is -0.302. The number of amides is 1. The van der Waals surface area contributed by atoms with Gasteiger partial charge in [-0.25, -0.2) is 9.97 Å². The summed E-state index contributed by atoms with van der Waals surface area (Å²) in [6, 6.07) is 0.894. The van der Waals surface area contributed by atoms with Crippen LogP contribution in [-0.2, 0) is 30.4 Å². The van der Waals surface area contributed by atoms with Crippen molar-refractivity contribution in [1.82, 2.24) is 14.9 Å². The average molecular weight is 649 g/mol. The van der Waals surface area contributed by atoms with Crippen LogP contribution in [0.3, 0.4) is 0 Å². The van der Waals surface area contributed by atoms with E-state index < -0.39 is 23.4 Å². The third kappa shape index (κ3) is 12.0. The molecule has 8 nitrogen and oxygen atoms in total. The molecule has 3 rings (SSSR count). The van der Waals surface area contributed by atoms with Crippen LogP contribution < -0.4 is 5.73 Å². The van der Waals surface area contributed by atoms with Gasteiger partial charge in [-0.3, -0.25) is 9.79 Å². The minimum atomic E-state index is -4.56. The van der Waals surface area contributed by atoms with Crippen molar-refractivity contribution in [3.63, 3.8) is 0 Å². The van der Waals surface area contributed by atoms with E-state index >= 15 is 0 Å². The van der Waals surface area contributed by atoms with Crippen molar-refractivity contribution in [3.8, 4) is 11.5 Å². The van der Waals surface area contributed by atoms with Crippen LogP contribution in [0.1, 0.15) is 88.1 Å². The van der Waals surface area contributed by atoms with Crippen molar-refractivity contribution in [1.29, 1.82) is 0 Å². The lowest BCUT2D eigenvalue weighted by Gasteiger charge is -2.30. The molecule has 43 heavy (non-hydrogen) atoms. The molecule has 0 radical (unpaired) electrons. The van der Waals surface area contributed by atoms with E-state index in [0.29, 0.717) is 37.2 Å².